The van der Waals surface area contributed by atoms with E-state index >= 15 is 0 Å². The molecule has 29 heavy (non-hydrogen) atoms. The second kappa shape index (κ2) is 8.53. The summed E-state index contributed by atoms with van der Waals surface area (Å²) < 4.78 is 39.1. The van der Waals surface area contributed by atoms with Crippen LogP contribution < -0.4 is 5.32 Å². The summed E-state index contributed by atoms with van der Waals surface area (Å²) in [7, 11) is -3.61. The van der Waals surface area contributed by atoms with Crippen LogP contribution in [0.3, 0.4) is 0 Å². The van der Waals surface area contributed by atoms with Crippen LogP contribution in [0.2, 0.25) is 0 Å². The molecule has 1 N–H and O–H groups in total. The third-order valence-corrected chi connectivity index (χ3v) is 6.51. The standard InChI is InChI=1S/C22H21FN2O3S/c1-15-11-19(8-9-21(15)23)25-22(26)17-5-3-7-20(12-17)29(27,28)14-16(2)18-6-4-10-24-13-18/h3-13,16H,14H2,1-2H3,(H,25,26). The van der Waals surface area contributed by atoms with Crippen molar-refractivity contribution in [2.45, 2.75) is 24.7 Å². The third-order valence-electron chi connectivity index (χ3n) is 4.59. The molecule has 3 rings (SSSR count). The van der Waals surface area contributed by atoms with Crippen LogP contribution in [-0.4, -0.2) is 25.1 Å². The Kier molecular flexibility index (Phi) is 6.08. The van der Waals surface area contributed by atoms with E-state index in [0.29, 0.717) is 11.3 Å². The van der Waals surface area contributed by atoms with Crippen LogP contribution in [0.15, 0.2) is 71.9 Å². The molecule has 7 heteroatoms. The molecular formula is C22H21FN2O3S. The van der Waals surface area contributed by atoms with E-state index in [9.17, 15) is 17.6 Å². The van der Waals surface area contributed by atoms with Crippen molar-refractivity contribution in [2.24, 2.45) is 0 Å². The molecule has 0 aliphatic rings. The molecule has 0 bridgehead atoms. The van der Waals surface area contributed by atoms with Gasteiger partial charge < -0.3 is 5.32 Å². The molecule has 0 aliphatic heterocycles. The Morgan fingerprint density at radius 3 is 2.62 bits per heavy atom. The number of nitrogens with one attached hydrogen (secondary N) is 1. The summed E-state index contributed by atoms with van der Waals surface area (Å²) in [5.41, 5.74) is 1.88. The number of rotatable bonds is 6. The van der Waals surface area contributed by atoms with Gasteiger partial charge in [-0.2, -0.15) is 0 Å². The summed E-state index contributed by atoms with van der Waals surface area (Å²) in [4.78, 5) is 16.6. The maximum Gasteiger partial charge on any atom is 0.255 e. The van der Waals surface area contributed by atoms with Gasteiger partial charge in [0.05, 0.1) is 10.6 Å². The lowest BCUT2D eigenvalue weighted by atomic mass is 10.1. The molecule has 2 aromatic carbocycles. The van der Waals surface area contributed by atoms with Crippen LogP contribution in [0.1, 0.15) is 34.3 Å². The molecule has 0 saturated heterocycles. The maximum atomic E-state index is 13.4. The highest BCUT2D eigenvalue weighted by Crippen LogP contribution is 2.22. The first-order chi connectivity index (χ1) is 13.8. The van der Waals surface area contributed by atoms with Crippen LogP contribution in [0.25, 0.3) is 0 Å². The first kappa shape index (κ1) is 20.7. The van der Waals surface area contributed by atoms with Crippen molar-refractivity contribution in [3.63, 3.8) is 0 Å². The van der Waals surface area contributed by atoms with E-state index in [1.54, 1.807) is 25.4 Å². The molecule has 0 aliphatic carbocycles. The van der Waals surface area contributed by atoms with Crippen molar-refractivity contribution >= 4 is 21.4 Å². The van der Waals surface area contributed by atoms with E-state index < -0.39 is 15.7 Å². The third kappa shape index (κ3) is 5.06. The van der Waals surface area contributed by atoms with Gasteiger partial charge in [0, 0.05) is 23.6 Å². The largest absolute Gasteiger partial charge is 0.322 e. The lowest BCUT2D eigenvalue weighted by molar-refractivity contribution is 0.102. The van der Waals surface area contributed by atoms with E-state index in [0.717, 1.165) is 5.56 Å². The number of halogens is 1. The minimum absolute atomic E-state index is 0.0798. The Morgan fingerprint density at radius 1 is 1.14 bits per heavy atom. The summed E-state index contributed by atoms with van der Waals surface area (Å²) in [5, 5.41) is 2.66. The number of anilines is 1. The number of sulfone groups is 1. The van der Waals surface area contributed by atoms with Crippen molar-refractivity contribution in [2.75, 3.05) is 11.1 Å². The summed E-state index contributed by atoms with van der Waals surface area (Å²) in [5.74, 6) is -1.17. The highest BCUT2D eigenvalue weighted by atomic mass is 32.2. The number of hydrogen-bond acceptors (Lipinski definition) is 4. The van der Waals surface area contributed by atoms with Gasteiger partial charge in [-0.1, -0.05) is 19.1 Å². The molecule has 1 amide bonds. The zero-order valence-corrected chi connectivity index (χ0v) is 16.9. The molecule has 150 valence electrons. The highest BCUT2D eigenvalue weighted by molar-refractivity contribution is 7.91. The van der Waals surface area contributed by atoms with Crippen LogP contribution in [0, 0.1) is 12.7 Å². The van der Waals surface area contributed by atoms with Gasteiger partial charge >= 0.3 is 0 Å². The van der Waals surface area contributed by atoms with Crippen LogP contribution in [0.5, 0.6) is 0 Å². The first-order valence-corrected chi connectivity index (χ1v) is 10.7. The van der Waals surface area contributed by atoms with E-state index in [2.05, 4.69) is 10.3 Å². The van der Waals surface area contributed by atoms with Crippen LogP contribution in [0.4, 0.5) is 10.1 Å². The Morgan fingerprint density at radius 2 is 1.93 bits per heavy atom. The fourth-order valence-electron chi connectivity index (χ4n) is 2.95. The fourth-order valence-corrected chi connectivity index (χ4v) is 4.58. The summed E-state index contributed by atoms with van der Waals surface area (Å²) in [6.45, 7) is 3.42. The number of hydrogen-bond donors (Lipinski definition) is 1. The minimum atomic E-state index is -3.61. The number of nitrogens with zero attached hydrogens (tertiary/aromatic N) is 1. The minimum Gasteiger partial charge on any atom is -0.322 e. The van der Waals surface area contributed by atoms with Gasteiger partial charge in [0.15, 0.2) is 9.84 Å². The van der Waals surface area contributed by atoms with Gasteiger partial charge in [-0.05, 0) is 66.4 Å². The molecule has 1 unspecified atom stereocenters. The smallest absolute Gasteiger partial charge is 0.255 e. The number of pyridine rings is 1. The van der Waals surface area contributed by atoms with Gasteiger partial charge in [-0.3, -0.25) is 9.78 Å². The van der Waals surface area contributed by atoms with Gasteiger partial charge in [-0.15, -0.1) is 0 Å². The predicted molar refractivity (Wildman–Crippen MR) is 110 cm³/mol. The van der Waals surface area contributed by atoms with Crippen molar-refractivity contribution in [1.29, 1.82) is 0 Å². The van der Waals surface area contributed by atoms with E-state index in [1.165, 1.54) is 42.5 Å². The van der Waals surface area contributed by atoms with Crippen molar-refractivity contribution < 1.29 is 17.6 Å². The molecule has 1 heterocycles. The number of amides is 1. The molecule has 1 aromatic heterocycles. The molecule has 5 nitrogen and oxygen atoms in total. The predicted octanol–water partition coefficient (Wildman–Crippen LogP) is 4.36. The normalized spacial score (nSPS) is 12.4. The average molecular weight is 412 g/mol. The van der Waals surface area contributed by atoms with Gasteiger partial charge in [0.2, 0.25) is 0 Å². The number of aromatic nitrogens is 1. The number of carbonyl (C=O) groups is 1. The molecule has 1 atom stereocenters. The van der Waals surface area contributed by atoms with Gasteiger partial charge in [0.25, 0.3) is 5.91 Å². The summed E-state index contributed by atoms with van der Waals surface area (Å²) >= 11 is 0. The second-order valence-electron chi connectivity index (χ2n) is 6.91. The van der Waals surface area contributed by atoms with Crippen molar-refractivity contribution in [3.05, 3.63) is 89.5 Å². The van der Waals surface area contributed by atoms with Crippen LogP contribution in [-0.2, 0) is 9.84 Å². The van der Waals surface area contributed by atoms with Crippen LogP contribution >= 0.6 is 0 Å². The highest BCUT2D eigenvalue weighted by Gasteiger charge is 2.21. The summed E-state index contributed by atoms with van der Waals surface area (Å²) in [6.07, 6.45) is 3.28. The van der Waals surface area contributed by atoms with E-state index in [-0.39, 0.29) is 27.9 Å². The SMILES string of the molecule is Cc1cc(NC(=O)c2cccc(S(=O)(=O)CC(C)c3cccnc3)c2)ccc1F. The lowest BCUT2D eigenvalue weighted by Gasteiger charge is -2.13. The van der Waals surface area contributed by atoms with E-state index in [1.807, 2.05) is 13.0 Å². The maximum absolute atomic E-state index is 13.4. The summed E-state index contributed by atoms with van der Waals surface area (Å²) in [6, 6.07) is 13.7. The quantitative estimate of drug-likeness (QED) is 0.653. The Balaban J connectivity index is 1.78. The molecule has 0 radical (unpaired) electrons. The number of aryl methyl sites for hydroxylation is 1. The first-order valence-electron chi connectivity index (χ1n) is 9.06. The topological polar surface area (TPSA) is 76.1 Å². The van der Waals surface area contributed by atoms with E-state index in [4.69, 9.17) is 0 Å². The Labute approximate surface area is 169 Å². The number of benzene rings is 2. The molecule has 0 spiro atoms. The zero-order valence-electron chi connectivity index (χ0n) is 16.1. The monoisotopic (exact) mass is 412 g/mol. The van der Waals surface area contributed by atoms with Gasteiger partial charge in [0.1, 0.15) is 5.82 Å². The average Bonchev–Trinajstić information content (AvgIpc) is 2.71. The van der Waals surface area contributed by atoms with Gasteiger partial charge in [-0.25, -0.2) is 12.8 Å². The Bertz CT molecular complexity index is 1130. The zero-order chi connectivity index (χ0) is 21.0. The number of carbonyl (C=O) groups excluding carboxylic acids is 1. The lowest BCUT2D eigenvalue weighted by Crippen LogP contribution is -2.16. The molecule has 0 saturated carbocycles. The molecule has 3 aromatic rings. The Hall–Kier alpha value is -3.06. The molecule has 0 fully saturated rings. The van der Waals surface area contributed by atoms with Crippen molar-refractivity contribution in [3.8, 4) is 0 Å². The molecular weight excluding hydrogens is 391 g/mol. The van der Waals surface area contributed by atoms with Crippen molar-refractivity contribution in [1.82, 2.24) is 4.98 Å². The fraction of sp³-hybridized carbons (Fsp3) is 0.182. The second-order valence-corrected chi connectivity index (χ2v) is 8.95.